The van der Waals surface area contributed by atoms with Crippen LogP contribution in [-0.4, -0.2) is 22.1 Å². The largest absolute Gasteiger partial charge is 0.494 e. The normalized spacial score (nSPS) is 10.6. The van der Waals surface area contributed by atoms with Gasteiger partial charge < -0.3 is 9.84 Å². The molecule has 0 unspecified atom stereocenters. The number of halogens is 2. The lowest BCUT2D eigenvalue weighted by Crippen LogP contribution is -2.06. The topological polar surface area (TPSA) is 85.5 Å². The van der Waals surface area contributed by atoms with Crippen LogP contribution in [0.15, 0.2) is 6.20 Å². The average molecular weight is 234 g/mol. The van der Waals surface area contributed by atoms with Gasteiger partial charge in [0.05, 0.1) is 24.8 Å². The fraction of sp³-hybridized carbons (Fsp3) is 0.375. The van der Waals surface area contributed by atoms with Gasteiger partial charge in [0, 0.05) is 0 Å². The first kappa shape index (κ1) is 12.2. The van der Waals surface area contributed by atoms with Crippen LogP contribution in [0.25, 0.3) is 0 Å². The van der Waals surface area contributed by atoms with Crippen LogP contribution >= 0.6 is 0 Å². The summed E-state index contributed by atoms with van der Waals surface area (Å²) in [5.41, 5.74) is -2.19. The van der Waals surface area contributed by atoms with Gasteiger partial charge in [-0.3, -0.25) is 10.1 Å². The number of methoxy groups -OCH3 is 1. The van der Waals surface area contributed by atoms with Crippen molar-refractivity contribution in [1.29, 1.82) is 0 Å². The van der Waals surface area contributed by atoms with Crippen molar-refractivity contribution in [1.82, 2.24) is 4.98 Å². The van der Waals surface area contributed by atoms with Crippen LogP contribution < -0.4 is 4.74 Å². The molecule has 0 bridgehead atoms. The maximum absolute atomic E-state index is 12.5. The lowest BCUT2D eigenvalue weighted by atomic mass is 10.1. The van der Waals surface area contributed by atoms with Crippen LogP contribution in [-0.2, 0) is 6.61 Å². The molecule has 1 heterocycles. The van der Waals surface area contributed by atoms with Crippen LogP contribution in [0, 0.1) is 10.1 Å². The van der Waals surface area contributed by atoms with Crippen molar-refractivity contribution in [3.05, 3.63) is 27.6 Å². The van der Waals surface area contributed by atoms with E-state index in [0.29, 0.717) is 0 Å². The van der Waals surface area contributed by atoms with Gasteiger partial charge in [-0.1, -0.05) is 0 Å². The summed E-state index contributed by atoms with van der Waals surface area (Å²) in [6.07, 6.45) is -2.17. The number of hydrogen-bond donors (Lipinski definition) is 1. The van der Waals surface area contributed by atoms with Crippen LogP contribution in [0.4, 0.5) is 14.5 Å². The second kappa shape index (κ2) is 4.79. The molecule has 0 aliphatic rings. The highest BCUT2D eigenvalue weighted by Gasteiger charge is 2.29. The number of aliphatic hydroxyl groups excluding tert-OH is 1. The van der Waals surface area contributed by atoms with Gasteiger partial charge in [-0.15, -0.1) is 0 Å². The highest BCUT2D eigenvalue weighted by Crippen LogP contribution is 2.34. The van der Waals surface area contributed by atoms with Crippen molar-refractivity contribution in [3.63, 3.8) is 0 Å². The van der Waals surface area contributed by atoms with Gasteiger partial charge in [-0.2, -0.15) is 0 Å². The van der Waals surface area contributed by atoms with E-state index in [-0.39, 0.29) is 11.3 Å². The van der Waals surface area contributed by atoms with Gasteiger partial charge >= 0.3 is 5.69 Å². The quantitative estimate of drug-likeness (QED) is 0.629. The van der Waals surface area contributed by atoms with E-state index < -0.39 is 29.3 Å². The Morgan fingerprint density at radius 2 is 2.31 bits per heavy atom. The Hall–Kier alpha value is -1.83. The zero-order valence-corrected chi connectivity index (χ0v) is 8.18. The summed E-state index contributed by atoms with van der Waals surface area (Å²) in [6, 6.07) is 0. The molecule has 0 atom stereocenters. The smallest absolute Gasteiger partial charge is 0.305 e. The molecule has 1 aromatic rings. The van der Waals surface area contributed by atoms with Gasteiger partial charge in [0.1, 0.15) is 11.3 Å². The van der Waals surface area contributed by atoms with Gasteiger partial charge in [0.25, 0.3) is 6.43 Å². The van der Waals surface area contributed by atoms with Crippen molar-refractivity contribution >= 4 is 5.69 Å². The Balaban J connectivity index is 3.50. The molecule has 0 amide bonds. The molecule has 88 valence electrons. The molecule has 8 heteroatoms. The van der Waals surface area contributed by atoms with Crippen molar-refractivity contribution in [3.8, 4) is 5.75 Å². The minimum Gasteiger partial charge on any atom is -0.494 e. The number of hydrogen-bond acceptors (Lipinski definition) is 5. The van der Waals surface area contributed by atoms with Gasteiger partial charge in [-0.05, 0) is 0 Å². The standard InChI is InChI=1S/C8H8F2N2O4/c1-16-5-2-11-6(8(9)10)7(12(14)15)4(5)3-13/h2,8,13H,3H2,1H3. The first-order chi connectivity index (χ1) is 7.52. The highest BCUT2D eigenvalue weighted by molar-refractivity contribution is 5.51. The van der Waals surface area contributed by atoms with Crippen LogP contribution in [0.3, 0.4) is 0 Å². The van der Waals surface area contributed by atoms with E-state index in [1.807, 2.05) is 0 Å². The Morgan fingerprint density at radius 1 is 1.69 bits per heavy atom. The summed E-state index contributed by atoms with van der Waals surface area (Å²) in [5.74, 6) is -0.0985. The summed E-state index contributed by atoms with van der Waals surface area (Å²) in [7, 11) is 1.20. The number of nitro groups is 1. The average Bonchev–Trinajstić information content (AvgIpc) is 2.26. The number of nitrogens with zero attached hydrogens (tertiary/aromatic N) is 2. The van der Waals surface area contributed by atoms with E-state index in [2.05, 4.69) is 9.72 Å². The Morgan fingerprint density at radius 3 is 2.69 bits per heavy atom. The van der Waals surface area contributed by atoms with Crippen molar-refractivity contribution in [2.45, 2.75) is 13.0 Å². The third-order valence-electron chi connectivity index (χ3n) is 1.91. The third kappa shape index (κ3) is 2.06. The molecule has 0 aliphatic carbocycles. The molecule has 0 spiro atoms. The van der Waals surface area contributed by atoms with Gasteiger partial charge in [0.15, 0.2) is 5.69 Å². The Bertz CT molecular complexity index is 411. The molecule has 0 aliphatic heterocycles. The lowest BCUT2D eigenvalue weighted by Gasteiger charge is -2.08. The summed E-state index contributed by atoms with van der Waals surface area (Å²) in [5, 5.41) is 19.6. The van der Waals surface area contributed by atoms with E-state index in [0.717, 1.165) is 6.20 Å². The highest BCUT2D eigenvalue weighted by atomic mass is 19.3. The molecular formula is C8H8F2N2O4. The summed E-state index contributed by atoms with van der Waals surface area (Å²) in [4.78, 5) is 12.9. The van der Waals surface area contributed by atoms with Crippen LogP contribution in [0.1, 0.15) is 17.7 Å². The number of ether oxygens (including phenoxy) is 1. The minimum atomic E-state index is -3.09. The maximum Gasteiger partial charge on any atom is 0.305 e. The summed E-state index contributed by atoms with van der Waals surface area (Å²) in [6.45, 7) is -0.776. The fourth-order valence-electron chi connectivity index (χ4n) is 1.23. The van der Waals surface area contributed by atoms with E-state index >= 15 is 0 Å². The molecule has 0 saturated carbocycles. The van der Waals surface area contributed by atoms with E-state index in [1.165, 1.54) is 7.11 Å². The SMILES string of the molecule is COc1cnc(C(F)F)c([N+](=O)[O-])c1CO. The van der Waals surface area contributed by atoms with Crippen LogP contribution in [0.2, 0.25) is 0 Å². The molecule has 1 rings (SSSR count). The monoisotopic (exact) mass is 234 g/mol. The van der Waals surface area contributed by atoms with Gasteiger partial charge in [0.2, 0.25) is 0 Å². The molecule has 6 nitrogen and oxygen atoms in total. The molecule has 0 aromatic carbocycles. The summed E-state index contributed by atoms with van der Waals surface area (Å²) >= 11 is 0. The predicted octanol–water partition coefficient (Wildman–Crippen LogP) is 1.43. The number of aliphatic hydroxyl groups is 1. The molecule has 1 N–H and O–H groups in total. The third-order valence-corrected chi connectivity index (χ3v) is 1.91. The van der Waals surface area contributed by atoms with Gasteiger partial charge in [-0.25, -0.2) is 13.8 Å². The lowest BCUT2D eigenvalue weighted by molar-refractivity contribution is -0.387. The van der Waals surface area contributed by atoms with Crippen molar-refractivity contribution < 1.29 is 23.5 Å². The number of pyridine rings is 1. The number of aromatic nitrogens is 1. The molecule has 0 radical (unpaired) electrons. The summed E-state index contributed by atoms with van der Waals surface area (Å²) < 4.78 is 29.6. The second-order valence-corrected chi connectivity index (χ2v) is 2.75. The van der Waals surface area contributed by atoms with Crippen molar-refractivity contribution in [2.24, 2.45) is 0 Å². The number of rotatable bonds is 4. The molecule has 16 heavy (non-hydrogen) atoms. The molecule has 1 aromatic heterocycles. The molecular weight excluding hydrogens is 226 g/mol. The zero-order valence-electron chi connectivity index (χ0n) is 8.18. The first-order valence-corrected chi connectivity index (χ1v) is 4.12. The number of alkyl halides is 2. The first-order valence-electron chi connectivity index (χ1n) is 4.12. The van der Waals surface area contributed by atoms with Crippen molar-refractivity contribution in [2.75, 3.05) is 7.11 Å². The second-order valence-electron chi connectivity index (χ2n) is 2.75. The zero-order chi connectivity index (χ0) is 12.3. The molecule has 0 fully saturated rings. The van der Waals surface area contributed by atoms with E-state index in [9.17, 15) is 18.9 Å². The minimum absolute atomic E-state index is 0.0985. The predicted molar refractivity (Wildman–Crippen MR) is 48.3 cm³/mol. The fourth-order valence-corrected chi connectivity index (χ4v) is 1.23. The maximum atomic E-state index is 12.5. The Kier molecular flexibility index (Phi) is 3.67. The van der Waals surface area contributed by atoms with E-state index in [1.54, 1.807) is 0 Å². The molecule has 0 saturated heterocycles. The Labute approximate surface area is 88.6 Å². The van der Waals surface area contributed by atoms with Crippen LogP contribution in [0.5, 0.6) is 5.75 Å². The van der Waals surface area contributed by atoms with E-state index in [4.69, 9.17) is 5.11 Å².